The van der Waals surface area contributed by atoms with Gasteiger partial charge in [-0.2, -0.15) is 0 Å². The van der Waals surface area contributed by atoms with E-state index < -0.39 is 5.97 Å². The zero-order chi connectivity index (χ0) is 12.0. The van der Waals surface area contributed by atoms with Crippen LogP contribution in [0.2, 0.25) is 0 Å². The summed E-state index contributed by atoms with van der Waals surface area (Å²) in [5.41, 5.74) is 1.64. The van der Waals surface area contributed by atoms with Crippen molar-refractivity contribution in [3.8, 4) is 0 Å². The number of carbonyl (C=O) groups is 1. The lowest BCUT2D eigenvalue weighted by Gasteiger charge is -2.15. The molecule has 0 aliphatic carbocycles. The van der Waals surface area contributed by atoms with Gasteiger partial charge < -0.3 is 5.11 Å². The van der Waals surface area contributed by atoms with Crippen LogP contribution in [0.25, 0.3) is 0 Å². The van der Waals surface area contributed by atoms with Gasteiger partial charge in [0.1, 0.15) is 0 Å². The molecule has 2 heteroatoms. The Morgan fingerprint density at radius 2 is 1.62 bits per heavy atom. The van der Waals surface area contributed by atoms with Crippen molar-refractivity contribution in [2.45, 2.75) is 45.4 Å². The third-order valence-electron chi connectivity index (χ3n) is 2.90. The van der Waals surface area contributed by atoms with E-state index in [1.165, 1.54) is 31.2 Å². The minimum atomic E-state index is -0.853. The lowest BCUT2D eigenvalue weighted by molar-refractivity contribution is 0.0697. The Hall–Kier alpha value is -1.31. The molecular weight excluding hydrogens is 200 g/mol. The van der Waals surface area contributed by atoms with Crippen LogP contribution >= 0.6 is 0 Å². The molecule has 1 aromatic rings. The Balaban J connectivity index is 2.80. The van der Waals surface area contributed by atoms with Gasteiger partial charge in [0.2, 0.25) is 0 Å². The molecule has 0 unspecified atom stereocenters. The highest BCUT2D eigenvalue weighted by atomic mass is 16.4. The van der Waals surface area contributed by atoms with E-state index in [2.05, 4.69) is 13.8 Å². The maximum absolute atomic E-state index is 10.7. The van der Waals surface area contributed by atoms with Crippen molar-refractivity contribution in [2.24, 2.45) is 0 Å². The topological polar surface area (TPSA) is 37.3 Å². The van der Waals surface area contributed by atoms with E-state index in [-0.39, 0.29) is 0 Å². The largest absolute Gasteiger partial charge is 0.478 e. The van der Waals surface area contributed by atoms with Crippen LogP contribution in [0.5, 0.6) is 0 Å². The molecule has 0 aliphatic rings. The Morgan fingerprint density at radius 1 is 1.12 bits per heavy atom. The maximum Gasteiger partial charge on any atom is 0.335 e. The smallest absolute Gasteiger partial charge is 0.335 e. The molecule has 0 saturated carbocycles. The molecule has 0 aromatic heterocycles. The van der Waals surface area contributed by atoms with E-state index in [9.17, 15) is 4.79 Å². The van der Waals surface area contributed by atoms with Crippen molar-refractivity contribution in [1.29, 1.82) is 0 Å². The normalized spacial score (nSPS) is 10.7. The SMILES string of the molecule is CCCC(CCC)c1ccc(C(=O)O)cc1. The van der Waals surface area contributed by atoms with Crippen molar-refractivity contribution < 1.29 is 9.90 Å². The summed E-state index contributed by atoms with van der Waals surface area (Å²) in [6.07, 6.45) is 4.71. The van der Waals surface area contributed by atoms with Crippen molar-refractivity contribution in [2.75, 3.05) is 0 Å². The maximum atomic E-state index is 10.7. The van der Waals surface area contributed by atoms with Gasteiger partial charge >= 0.3 is 5.97 Å². The van der Waals surface area contributed by atoms with Crippen molar-refractivity contribution >= 4 is 5.97 Å². The second kappa shape index (κ2) is 6.31. The molecule has 0 aliphatic heterocycles. The van der Waals surface area contributed by atoms with Gasteiger partial charge in [0, 0.05) is 0 Å². The molecule has 0 bridgehead atoms. The summed E-state index contributed by atoms with van der Waals surface area (Å²) >= 11 is 0. The number of carboxylic acid groups (broad SMARTS) is 1. The third kappa shape index (κ3) is 3.37. The molecular formula is C14H20O2. The standard InChI is InChI=1S/C14H20O2/c1-3-5-11(6-4-2)12-7-9-13(10-8-12)14(15)16/h7-11H,3-6H2,1-2H3,(H,15,16). The number of rotatable bonds is 6. The molecule has 0 heterocycles. The van der Waals surface area contributed by atoms with Gasteiger partial charge in [0.25, 0.3) is 0 Å². The number of carboxylic acids is 1. The highest BCUT2D eigenvalue weighted by Crippen LogP contribution is 2.26. The lowest BCUT2D eigenvalue weighted by Crippen LogP contribution is -2.00. The van der Waals surface area contributed by atoms with E-state index in [4.69, 9.17) is 5.11 Å². The van der Waals surface area contributed by atoms with Gasteiger partial charge in [-0.1, -0.05) is 38.8 Å². The summed E-state index contributed by atoms with van der Waals surface area (Å²) in [4.78, 5) is 10.7. The molecule has 0 radical (unpaired) electrons. The van der Waals surface area contributed by atoms with Crippen LogP contribution < -0.4 is 0 Å². The molecule has 1 N–H and O–H groups in total. The number of hydrogen-bond acceptors (Lipinski definition) is 1. The summed E-state index contributed by atoms with van der Waals surface area (Å²) in [6, 6.07) is 7.32. The molecule has 1 aromatic carbocycles. The molecule has 0 amide bonds. The minimum Gasteiger partial charge on any atom is -0.478 e. The van der Waals surface area contributed by atoms with Crippen LogP contribution in [-0.2, 0) is 0 Å². The van der Waals surface area contributed by atoms with Crippen molar-refractivity contribution in [3.05, 3.63) is 35.4 Å². The predicted octanol–water partition coefficient (Wildman–Crippen LogP) is 4.07. The second-order valence-electron chi connectivity index (χ2n) is 4.20. The number of hydrogen-bond donors (Lipinski definition) is 1. The fraction of sp³-hybridized carbons (Fsp3) is 0.500. The first-order valence-electron chi connectivity index (χ1n) is 6.02. The van der Waals surface area contributed by atoms with Crippen LogP contribution in [0.15, 0.2) is 24.3 Å². The van der Waals surface area contributed by atoms with Gasteiger partial charge in [-0.15, -0.1) is 0 Å². The average Bonchev–Trinajstić information content (AvgIpc) is 2.29. The van der Waals surface area contributed by atoms with Crippen LogP contribution in [0.3, 0.4) is 0 Å². The summed E-state index contributed by atoms with van der Waals surface area (Å²) in [7, 11) is 0. The Labute approximate surface area is 97.3 Å². The van der Waals surface area contributed by atoms with Gasteiger partial charge in [0.15, 0.2) is 0 Å². The summed E-state index contributed by atoms with van der Waals surface area (Å²) in [5.74, 6) is -0.271. The molecule has 2 nitrogen and oxygen atoms in total. The quantitative estimate of drug-likeness (QED) is 0.784. The van der Waals surface area contributed by atoms with Crippen LogP contribution in [0, 0.1) is 0 Å². The lowest BCUT2D eigenvalue weighted by atomic mass is 9.90. The van der Waals surface area contributed by atoms with E-state index in [1.807, 2.05) is 12.1 Å². The fourth-order valence-electron chi connectivity index (χ4n) is 2.07. The summed E-state index contributed by atoms with van der Waals surface area (Å²) in [5, 5.41) is 8.82. The molecule has 16 heavy (non-hydrogen) atoms. The van der Waals surface area contributed by atoms with Crippen LogP contribution in [-0.4, -0.2) is 11.1 Å². The third-order valence-corrected chi connectivity index (χ3v) is 2.90. The Kier molecular flexibility index (Phi) is 5.03. The molecule has 1 rings (SSSR count). The van der Waals surface area contributed by atoms with Crippen molar-refractivity contribution in [3.63, 3.8) is 0 Å². The van der Waals surface area contributed by atoms with Crippen LogP contribution in [0.4, 0.5) is 0 Å². The fourth-order valence-corrected chi connectivity index (χ4v) is 2.07. The zero-order valence-corrected chi connectivity index (χ0v) is 10.1. The van der Waals surface area contributed by atoms with E-state index >= 15 is 0 Å². The summed E-state index contributed by atoms with van der Waals surface area (Å²) < 4.78 is 0. The van der Waals surface area contributed by atoms with E-state index in [0.717, 1.165) is 0 Å². The number of aromatic carboxylic acids is 1. The highest BCUT2D eigenvalue weighted by Gasteiger charge is 2.10. The second-order valence-corrected chi connectivity index (χ2v) is 4.20. The van der Waals surface area contributed by atoms with Gasteiger partial charge in [-0.25, -0.2) is 4.79 Å². The first-order valence-corrected chi connectivity index (χ1v) is 6.02. The van der Waals surface area contributed by atoms with Gasteiger partial charge in [-0.3, -0.25) is 0 Å². The Morgan fingerprint density at radius 3 is 2.00 bits per heavy atom. The first-order chi connectivity index (χ1) is 7.69. The van der Waals surface area contributed by atoms with E-state index in [0.29, 0.717) is 11.5 Å². The highest BCUT2D eigenvalue weighted by molar-refractivity contribution is 5.87. The molecule has 0 fully saturated rings. The van der Waals surface area contributed by atoms with Crippen LogP contribution in [0.1, 0.15) is 61.4 Å². The monoisotopic (exact) mass is 220 g/mol. The zero-order valence-electron chi connectivity index (χ0n) is 10.1. The average molecular weight is 220 g/mol. The predicted molar refractivity (Wildman–Crippen MR) is 66.0 cm³/mol. The molecule has 88 valence electrons. The summed E-state index contributed by atoms with van der Waals surface area (Å²) in [6.45, 7) is 4.38. The van der Waals surface area contributed by atoms with Crippen molar-refractivity contribution in [1.82, 2.24) is 0 Å². The Bertz CT molecular complexity index is 321. The van der Waals surface area contributed by atoms with E-state index in [1.54, 1.807) is 12.1 Å². The molecule has 0 spiro atoms. The molecule has 0 saturated heterocycles. The van der Waals surface area contributed by atoms with Gasteiger partial charge in [0.05, 0.1) is 5.56 Å². The molecule has 0 atom stereocenters. The first kappa shape index (κ1) is 12.8. The van der Waals surface area contributed by atoms with Gasteiger partial charge in [-0.05, 0) is 36.5 Å². The minimum absolute atomic E-state index is 0.371. The number of benzene rings is 1.